The van der Waals surface area contributed by atoms with Crippen LogP contribution in [0.5, 0.6) is 0 Å². The third-order valence-electron chi connectivity index (χ3n) is 6.00. The summed E-state index contributed by atoms with van der Waals surface area (Å²) < 4.78 is 15.0. The van der Waals surface area contributed by atoms with E-state index in [1.807, 2.05) is 18.4 Å². The minimum atomic E-state index is -0.176. The quantitative estimate of drug-likeness (QED) is 0.620. The molecule has 0 aliphatic carbocycles. The number of halogens is 1. The zero-order valence-electron chi connectivity index (χ0n) is 16.9. The van der Waals surface area contributed by atoms with Gasteiger partial charge in [-0.1, -0.05) is 12.1 Å². The van der Waals surface area contributed by atoms with Gasteiger partial charge in [-0.25, -0.2) is 9.71 Å². The number of amides is 1. The first-order chi connectivity index (χ1) is 14.6. The van der Waals surface area contributed by atoms with Gasteiger partial charge in [-0.2, -0.15) is 0 Å². The van der Waals surface area contributed by atoms with Crippen LogP contribution in [0.25, 0.3) is 15.7 Å². The van der Waals surface area contributed by atoms with Gasteiger partial charge in [0.2, 0.25) is 0 Å². The monoisotopic (exact) mass is 420 g/mol. The largest absolute Gasteiger partial charge is 0.368 e. The van der Waals surface area contributed by atoms with Gasteiger partial charge in [-0.3, -0.25) is 9.69 Å². The van der Waals surface area contributed by atoms with Crippen molar-refractivity contribution in [2.45, 2.75) is 13.3 Å². The molecule has 0 spiro atoms. The predicted octanol–water partition coefficient (Wildman–Crippen LogP) is 4.58. The Labute approximate surface area is 179 Å². The number of benzene rings is 2. The lowest BCUT2D eigenvalue weighted by Gasteiger charge is -2.36. The maximum Gasteiger partial charge on any atom is 0.270 e. The van der Waals surface area contributed by atoms with Gasteiger partial charge in [0.1, 0.15) is 5.82 Å². The van der Waals surface area contributed by atoms with Crippen LogP contribution in [0.2, 0.25) is 0 Å². The van der Waals surface area contributed by atoms with Crippen LogP contribution in [0.1, 0.15) is 18.1 Å². The lowest BCUT2D eigenvalue weighted by molar-refractivity contribution is -0.115. The predicted molar refractivity (Wildman–Crippen MR) is 121 cm³/mol. The van der Waals surface area contributed by atoms with Crippen LogP contribution in [-0.2, 0) is 11.2 Å². The van der Waals surface area contributed by atoms with Crippen molar-refractivity contribution in [1.29, 1.82) is 0 Å². The van der Waals surface area contributed by atoms with E-state index in [1.54, 1.807) is 29.5 Å². The van der Waals surface area contributed by atoms with Crippen molar-refractivity contribution in [3.8, 4) is 0 Å². The molecule has 6 heteroatoms. The molecule has 2 aliphatic rings. The second-order valence-electron chi connectivity index (χ2n) is 7.96. The molecule has 1 saturated heterocycles. The molecule has 1 radical (unpaired) electrons. The molecule has 30 heavy (non-hydrogen) atoms. The zero-order valence-corrected chi connectivity index (χ0v) is 17.7. The number of allylic oxidation sites excluding steroid dienone is 1. The van der Waals surface area contributed by atoms with E-state index >= 15 is 0 Å². The average molecular weight is 421 g/mol. The van der Waals surface area contributed by atoms with Gasteiger partial charge in [0.05, 0.1) is 5.69 Å². The minimum absolute atomic E-state index is 0.163. The molecule has 1 amide bonds. The number of hydrogen-bond donors (Lipinski definition) is 0. The highest BCUT2D eigenvalue weighted by Gasteiger charge is 2.20. The van der Waals surface area contributed by atoms with Crippen LogP contribution in [-0.4, -0.2) is 43.5 Å². The number of thiophene rings is 1. The number of anilines is 1. The molecule has 2 aromatic carbocycles. The van der Waals surface area contributed by atoms with E-state index in [0.29, 0.717) is 0 Å². The van der Waals surface area contributed by atoms with Crippen LogP contribution < -0.4 is 10.2 Å². The fourth-order valence-corrected chi connectivity index (χ4v) is 5.18. The zero-order chi connectivity index (χ0) is 20.7. The molecule has 2 aliphatic heterocycles. The summed E-state index contributed by atoms with van der Waals surface area (Å²) in [6, 6.07) is 11.6. The number of piperazine rings is 1. The lowest BCUT2D eigenvalue weighted by Crippen LogP contribution is -2.47. The van der Waals surface area contributed by atoms with Gasteiger partial charge >= 0.3 is 0 Å². The molecule has 0 N–H and O–H groups in total. The number of hydrogen-bond acceptors (Lipinski definition) is 4. The van der Waals surface area contributed by atoms with Crippen molar-refractivity contribution in [3.05, 3.63) is 64.8 Å². The topological polar surface area (TPSA) is 37.7 Å². The Morgan fingerprint density at radius 2 is 1.93 bits per heavy atom. The Kier molecular flexibility index (Phi) is 5.05. The van der Waals surface area contributed by atoms with Gasteiger partial charge in [0.15, 0.2) is 0 Å². The van der Waals surface area contributed by atoms with E-state index < -0.39 is 0 Å². The van der Waals surface area contributed by atoms with Gasteiger partial charge in [-0.15, -0.1) is 11.3 Å². The maximum absolute atomic E-state index is 14.0. The fraction of sp³-hybridized carbons (Fsp3) is 0.292. The molecular formula is C24H23FN3OS. The third-order valence-corrected chi connectivity index (χ3v) is 6.87. The summed E-state index contributed by atoms with van der Waals surface area (Å²) in [6.45, 7) is 6.62. The molecule has 3 heterocycles. The van der Waals surface area contributed by atoms with Crippen LogP contribution in [0.3, 0.4) is 0 Å². The molecular weight excluding hydrogens is 397 g/mol. The number of carbonyl (C=O) groups is 1. The Balaban J connectivity index is 1.21. The third kappa shape index (κ3) is 3.73. The van der Waals surface area contributed by atoms with Crippen molar-refractivity contribution in [2.24, 2.45) is 0 Å². The molecule has 0 unspecified atom stereocenters. The van der Waals surface area contributed by atoms with Crippen LogP contribution in [0.15, 0.2) is 47.9 Å². The highest BCUT2D eigenvalue weighted by Crippen LogP contribution is 2.33. The molecule has 0 bridgehead atoms. The molecule has 3 aromatic rings. The fourth-order valence-electron chi connectivity index (χ4n) is 4.35. The van der Waals surface area contributed by atoms with Gasteiger partial charge in [0.25, 0.3) is 5.91 Å². The van der Waals surface area contributed by atoms with Crippen molar-refractivity contribution in [1.82, 2.24) is 10.2 Å². The summed E-state index contributed by atoms with van der Waals surface area (Å²) in [5, 5.41) is 7.33. The number of rotatable bonds is 4. The molecule has 1 aromatic heterocycles. The Morgan fingerprint density at radius 3 is 2.77 bits per heavy atom. The molecule has 0 saturated carbocycles. The first kappa shape index (κ1) is 19.3. The number of carbonyl (C=O) groups excluding carboxylic acids is 1. The summed E-state index contributed by atoms with van der Waals surface area (Å²) in [6.07, 6.45) is 2.51. The molecule has 1 fully saturated rings. The van der Waals surface area contributed by atoms with Crippen LogP contribution >= 0.6 is 11.3 Å². The number of nitrogens with zero attached hydrogens (tertiary/aromatic N) is 3. The van der Waals surface area contributed by atoms with Crippen molar-refractivity contribution in [2.75, 3.05) is 37.6 Å². The van der Waals surface area contributed by atoms with E-state index in [0.717, 1.165) is 71.7 Å². The molecule has 153 valence electrons. The normalized spacial score (nSPS) is 17.1. The SMILES string of the molecule is CC1=CC(=O)[N]c2cc(CCN3CCN(c4cc(F)cc5sccc45)CC3)ccc21. The summed E-state index contributed by atoms with van der Waals surface area (Å²) in [7, 11) is 0. The molecule has 5 rings (SSSR count). The van der Waals surface area contributed by atoms with Crippen molar-refractivity contribution < 1.29 is 9.18 Å². The van der Waals surface area contributed by atoms with Crippen LogP contribution in [0.4, 0.5) is 15.8 Å². The van der Waals surface area contributed by atoms with Gasteiger partial charge in [-0.05, 0) is 54.1 Å². The highest BCUT2D eigenvalue weighted by molar-refractivity contribution is 7.17. The summed E-state index contributed by atoms with van der Waals surface area (Å²) in [5.41, 5.74) is 5.02. The Morgan fingerprint density at radius 1 is 1.10 bits per heavy atom. The molecule has 4 nitrogen and oxygen atoms in total. The summed E-state index contributed by atoms with van der Waals surface area (Å²) >= 11 is 1.59. The second kappa shape index (κ2) is 7.85. The minimum Gasteiger partial charge on any atom is -0.368 e. The molecule has 0 atom stereocenters. The summed E-state index contributed by atoms with van der Waals surface area (Å²) in [4.78, 5) is 16.5. The van der Waals surface area contributed by atoms with Crippen LogP contribution in [0, 0.1) is 5.82 Å². The first-order valence-corrected chi connectivity index (χ1v) is 11.2. The van der Waals surface area contributed by atoms with Gasteiger partial charge < -0.3 is 4.90 Å². The second-order valence-corrected chi connectivity index (χ2v) is 8.91. The Hall–Kier alpha value is -2.70. The van der Waals surface area contributed by atoms with Gasteiger partial charge in [0, 0.05) is 60.1 Å². The van der Waals surface area contributed by atoms with Crippen molar-refractivity contribution in [3.63, 3.8) is 0 Å². The van der Waals surface area contributed by atoms with E-state index in [4.69, 9.17) is 0 Å². The smallest absolute Gasteiger partial charge is 0.270 e. The van der Waals surface area contributed by atoms with E-state index in [1.165, 1.54) is 5.56 Å². The number of fused-ring (bicyclic) bond motifs is 2. The van der Waals surface area contributed by atoms with E-state index in [2.05, 4.69) is 33.3 Å². The van der Waals surface area contributed by atoms with E-state index in [9.17, 15) is 9.18 Å². The lowest BCUT2D eigenvalue weighted by atomic mass is 9.98. The average Bonchev–Trinajstić information content (AvgIpc) is 3.20. The summed E-state index contributed by atoms with van der Waals surface area (Å²) in [5.74, 6) is -0.339. The Bertz CT molecular complexity index is 1140. The maximum atomic E-state index is 14.0. The first-order valence-electron chi connectivity index (χ1n) is 10.3. The van der Waals surface area contributed by atoms with E-state index in [-0.39, 0.29) is 11.7 Å². The van der Waals surface area contributed by atoms with Crippen molar-refractivity contribution >= 4 is 44.3 Å². The highest BCUT2D eigenvalue weighted by atomic mass is 32.1. The standard InChI is InChI=1S/C24H23FN3OS/c1-16-12-24(29)26-21-13-17(2-3-19(16)21)4-6-27-7-9-28(10-8-27)22-14-18(25)15-23-20(22)5-11-30-23/h2-3,5,11-15H,4,6-10H2,1H3.